The number of carboxylic acid groups (broad SMARTS) is 1. The van der Waals surface area contributed by atoms with Crippen molar-refractivity contribution in [2.45, 2.75) is 11.3 Å². The van der Waals surface area contributed by atoms with Gasteiger partial charge in [-0.15, -0.1) is 0 Å². The molecule has 7 nitrogen and oxygen atoms in total. The van der Waals surface area contributed by atoms with Crippen molar-refractivity contribution in [2.24, 2.45) is 0 Å². The van der Waals surface area contributed by atoms with Crippen molar-refractivity contribution < 1.29 is 23.1 Å². The SMILES string of the molecule is O=C1Cc2cc(S(=O)(=O)Nc3ccc(C(=O)[O-])cc3)ccc2N1. The predicted octanol–water partition coefficient (Wildman–Crippen LogP) is 0.345. The number of carboxylic acids is 1. The molecule has 118 valence electrons. The van der Waals surface area contributed by atoms with E-state index in [9.17, 15) is 23.1 Å². The maximum Gasteiger partial charge on any atom is 0.261 e. The molecule has 0 radical (unpaired) electrons. The number of aromatic carboxylic acids is 1. The van der Waals surface area contributed by atoms with Crippen molar-refractivity contribution in [1.82, 2.24) is 0 Å². The molecule has 0 aliphatic carbocycles. The van der Waals surface area contributed by atoms with E-state index in [1.54, 1.807) is 0 Å². The van der Waals surface area contributed by atoms with E-state index in [1.807, 2.05) is 0 Å². The highest BCUT2D eigenvalue weighted by Crippen LogP contribution is 2.26. The normalized spacial score (nSPS) is 13.3. The van der Waals surface area contributed by atoms with Crippen molar-refractivity contribution in [2.75, 3.05) is 10.0 Å². The minimum atomic E-state index is -3.84. The van der Waals surface area contributed by atoms with Gasteiger partial charge in [0.25, 0.3) is 10.0 Å². The number of fused-ring (bicyclic) bond motifs is 1. The fraction of sp³-hybridized carbons (Fsp3) is 0.0667. The molecular weight excluding hydrogens is 320 g/mol. The topological polar surface area (TPSA) is 115 Å². The number of carbonyl (C=O) groups is 2. The Morgan fingerprint density at radius 2 is 1.83 bits per heavy atom. The quantitative estimate of drug-likeness (QED) is 0.838. The zero-order valence-corrected chi connectivity index (χ0v) is 12.5. The zero-order valence-electron chi connectivity index (χ0n) is 11.7. The fourth-order valence-corrected chi connectivity index (χ4v) is 3.37. The van der Waals surface area contributed by atoms with E-state index in [1.165, 1.54) is 42.5 Å². The second-order valence-corrected chi connectivity index (χ2v) is 6.70. The first-order chi connectivity index (χ1) is 10.8. The van der Waals surface area contributed by atoms with Gasteiger partial charge in [0.05, 0.1) is 17.3 Å². The molecule has 8 heteroatoms. The highest BCUT2D eigenvalue weighted by Gasteiger charge is 2.21. The molecule has 1 amide bonds. The minimum Gasteiger partial charge on any atom is -0.545 e. The van der Waals surface area contributed by atoms with E-state index in [4.69, 9.17) is 0 Å². The molecule has 0 saturated carbocycles. The van der Waals surface area contributed by atoms with Gasteiger partial charge in [-0.25, -0.2) is 8.42 Å². The van der Waals surface area contributed by atoms with E-state index < -0.39 is 16.0 Å². The highest BCUT2D eigenvalue weighted by molar-refractivity contribution is 7.92. The standard InChI is InChI=1S/C15H12N2O5S/c18-14-8-10-7-12(5-6-13(10)16-14)23(21,22)17-11-3-1-9(2-4-11)15(19)20/h1-7,17H,8H2,(H,16,18)(H,19,20)/p-1. The fourth-order valence-electron chi connectivity index (χ4n) is 2.26. The summed E-state index contributed by atoms with van der Waals surface area (Å²) in [6.07, 6.45) is 0.138. The van der Waals surface area contributed by atoms with Crippen LogP contribution in [0.3, 0.4) is 0 Å². The molecule has 0 aromatic heterocycles. The van der Waals surface area contributed by atoms with Gasteiger partial charge >= 0.3 is 0 Å². The third-order valence-corrected chi connectivity index (χ3v) is 4.76. The Morgan fingerprint density at radius 3 is 2.48 bits per heavy atom. The Kier molecular flexibility index (Phi) is 3.53. The average molecular weight is 331 g/mol. The summed E-state index contributed by atoms with van der Waals surface area (Å²) in [4.78, 5) is 22.0. The molecule has 0 fully saturated rings. The van der Waals surface area contributed by atoms with Crippen molar-refractivity contribution in [3.8, 4) is 0 Å². The molecule has 0 spiro atoms. The molecule has 0 bridgehead atoms. The van der Waals surface area contributed by atoms with E-state index in [-0.39, 0.29) is 28.5 Å². The van der Waals surface area contributed by atoms with Crippen LogP contribution < -0.4 is 15.1 Å². The van der Waals surface area contributed by atoms with Crippen molar-refractivity contribution in [1.29, 1.82) is 0 Å². The summed E-state index contributed by atoms with van der Waals surface area (Å²) in [6, 6.07) is 9.53. The van der Waals surface area contributed by atoms with Crippen LogP contribution in [0.25, 0.3) is 0 Å². The lowest BCUT2D eigenvalue weighted by Crippen LogP contribution is -2.22. The van der Waals surface area contributed by atoms with Gasteiger partial charge in [-0.05, 0) is 41.5 Å². The molecule has 3 rings (SSSR count). The molecular formula is C15H11N2O5S-. The predicted molar refractivity (Wildman–Crippen MR) is 80.4 cm³/mol. The molecule has 0 atom stereocenters. The third-order valence-electron chi connectivity index (χ3n) is 3.38. The Bertz CT molecular complexity index is 904. The second-order valence-electron chi connectivity index (χ2n) is 5.01. The van der Waals surface area contributed by atoms with Crippen molar-refractivity contribution in [3.05, 3.63) is 53.6 Å². The Balaban J connectivity index is 1.86. The molecule has 0 unspecified atom stereocenters. The van der Waals surface area contributed by atoms with Gasteiger partial charge in [0, 0.05) is 11.4 Å². The summed E-state index contributed by atoms with van der Waals surface area (Å²) in [6.45, 7) is 0. The Hall–Kier alpha value is -2.87. The van der Waals surface area contributed by atoms with Gasteiger partial charge < -0.3 is 15.2 Å². The minimum absolute atomic E-state index is 0.0247. The van der Waals surface area contributed by atoms with Gasteiger partial charge in [0.1, 0.15) is 0 Å². The number of nitrogens with one attached hydrogen (secondary N) is 2. The Labute approximate surface area is 132 Å². The summed E-state index contributed by atoms with van der Waals surface area (Å²) in [7, 11) is -3.84. The van der Waals surface area contributed by atoms with Crippen molar-refractivity contribution >= 4 is 33.3 Å². The molecule has 1 heterocycles. The van der Waals surface area contributed by atoms with Crippen LogP contribution in [-0.2, 0) is 21.2 Å². The van der Waals surface area contributed by atoms with Gasteiger partial charge in [-0.3, -0.25) is 9.52 Å². The van der Waals surface area contributed by atoms with Gasteiger partial charge in [0.2, 0.25) is 5.91 Å². The lowest BCUT2D eigenvalue weighted by Gasteiger charge is -2.10. The van der Waals surface area contributed by atoms with E-state index >= 15 is 0 Å². The summed E-state index contributed by atoms with van der Waals surface area (Å²) < 4.78 is 27.1. The first-order valence-corrected chi connectivity index (χ1v) is 8.10. The second kappa shape index (κ2) is 5.40. The van der Waals surface area contributed by atoms with E-state index in [0.717, 1.165) is 0 Å². The van der Waals surface area contributed by atoms with Crippen LogP contribution in [0.2, 0.25) is 0 Å². The van der Waals surface area contributed by atoms with Gasteiger partial charge in [0.15, 0.2) is 0 Å². The number of rotatable bonds is 4. The van der Waals surface area contributed by atoms with Crippen LogP contribution in [0.1, 0.15) is 15.9 Å². The zero-order chi connectivity index (χ0) is 16.6. The maximum absolute atomic E-state index is 12.4. The molecule has 2 aromatic rings. The largest absolute Gasteiger partial charge is 0.545 e. The highest BCUT2D eigenvalue weighted by atomic mass is 32.2. The third kappa shape index (κ3) is 3.02. The van der Waals surface area contributed by atoms with Crippen LogP contribution in [0, 0.1) is 0 Å². The lowest BCUT2D eigenvalue weighted by molar-refractivity contribution is -0.255. The van der Waals surface area contributed by atoms with Crippen molar-refractivity contribution in [3.63, 3.8) is 0 Å². The molecule has 2 N–H and O–H groups in total. The number of carbonyl (C=O) groups excluding carboxylic acids is 2. The average Bonchev–Trinajstić information content (AvgIpc) is 2.86. The monoisotopic (exact) mass is 331 g/mol. The Morgan fingerprint density at radius 1 is 1.13 bits per heavy atom. The first kappa shape index (κ1) is 15.0. The van der Waals surface area contributed by atoms with Crippen LogP contribution in [0.15, 0.2) is 47.4 Å². The van der Waals surface area contributed by atoms with Crippen LogP contribution in [0.4, 0.5) is 11.4 Å². The van der Waals surface area contributed by atoms with E-state index in [2.05, 4.69) is 10.0 Å². The maximum atomic E-state index is 12.4. The lowest BCUT2D eigenvalue weighted by atomic mass is 10.2. The number of hydrogen-bond donors (Lipinski definition) is 2. The van der Waals surface area contributed by atoms with Crippen LogP contribution in [-0.4, -0.2) is 20.3 Å². The number of anilines is 2. The number of hydrogen-bond acceptors (Lipinski definition) is 5. The summed E-state index contributed by atoms with van der Waals surface area (Å²) in [5.41, 5.74) is 1.40. The smallest absolute Gasteiger partial charge is 0.261 e. The molecule has 23 heavy (non-hydrogen) atoms. The summed E-state index contributed by atoms with van der Waals surface area (Å²) in [5.74, 6) is -1.52. The number of benzene rings is 2. The molecule has 1 aliphatic heterocycles. The van der Waals surface area contributed by atoms with Crippen LogP contribution in [0.5, 0.6) is 0 Å². The summed E-state index contributed by atoms with van der Waals surface area (Å²) >= 11 is 0. The van der Waals surface area contributed by atoms with Crippen LogP contribution >= 0.6 is 0 Å². The molecule has 2 aromatic carbocycles. The molecule has 1 aliphatic rings. The summed E-state index contributed by atoms with van der Waals surface area (Å²) in [5, 5.41) is 13.3. The van der Waals surface area contributed by atoms with E-state index in [0.29, 0.717) is 11.3 Å². The first-order valence-electron chi connectivity index (χ1n) is 6.62. The van der Waals surface area contributed by atoms with Gasteiger partial charge in [-0.2, -0.15) is 0 Å². The number of sulfonamides is 1. The number of amides is 1. The van der Waals surface area contributed by atoms with Gasteiger partial charge in [-0.1, -0.05) is 12.1 Å². The molecule has 0 saturated heterocycles.